The van der Waals surface area contributed by atoms with Gasteiger partial charge in [-0.1, -0.05) is 12.1 Å². The number of hydrogen-bond acceptors (Lipinski definition) is 4. The Labute approximate surface area is 101 Å². The Morgan fingerprint density at radius 1 is 1.29 bits per heavy atom. The maximum Gasteiger partial charge on any atom is 0.488 e. The molecule has 2 N–H and O–H groups in total. The molecule has 2 unspecified atom stereocenters. The SMILES string of the molecule is CC1CCC(COc2ccc(B(O)O)cc2)O1. The van der Waals surface area contributed by atoms with Crippen LogP contribution >= 0.6 is 0 Å². The summed E-state index contributed by atoms with van der Waals surface area (Å²) in [4.78, 5) is 0. The van der Waals surface area contributed by atoms with Crippen molar-refractivity contribution in [3.63, 3.8) is 0 Å². The molecule has 1 aromatic rings. The van der Waals surface area contributed by atoms with E-state index in [1.807, 2.05) is 0 Å². The van der Waals surface area contributed by atoms with Crippen LogP contribution in [0.15, 0.2) is 24.3 Å². The Morgan fingerprint density at radius 2 is 2.00 bits per heavy atom. The first-order valence-electron chi connectivity index (χ1n) is 5.89. The molecule has 0 amide bonds. The lowest BCUT2D eigenvalue weighted by atomic mass is 9.80. The Morgan fingerprint density at radius 3 is 2.53 bits per heavy atom. The maximum absolute atomic E-state index is 8.94. The Balaban J connectivity index is 1.83. The molecule has 1 saturated heterocycles. The van der Waals surface area contributed by atoms with Crippen molar-refractivity contribution in [3.05, 3.63) is 24.3 Å². The van der Waals surface area contributed by atoms with Crippen molar-refractivity contribution in [1.82, 2.24) is 0 Å². The monoisotopic (exact) mass is 236 g/mol. The van der Waals surface area contributed by atoms with E-state index in [4.69, 9.17) is 19.5 Å². The van der Waals surface area contributed by atoms with Crippen LogP contribution < -0.4 is 10.2 Å². The molecule has 4 nitrogen and oxygen atoms in total. The van der Waals surface area contributed by atoms with Crippen molar-refractivity contribution in [2.75, 3.05) is 6.61 Å². The molecule has 2 atom stereocenters. The Kier molecular flexibility index (Phi) is 4.04. The van der Waals surface area contributed by atoms with Gasteiger partial charge in [0.05, 0.1) is 12.2 Å². The molecule has 92 valence electrons. The fourth-order valence-electron chi connectivity index (χ4n) is 1.93. The summed E-state index contributed by atoms with van der Waals surface area (Å²) in [6, 6.07) is 6.73. The van der Waals surface area contributed by atoms with E-state index in [1.54, 1.807) is 24.3 Å². The standard InChI is InChI=1S/C12H17BO4/c1-9-2-5-12(17-9)8-16-11-6-3-10(4-7-11)13(14)15/h3-4,6-7,9,12,14-15H,2,5,8H2,1H3. The van der Waals surface area contributed by atoms with Crippen LogP contribution in [0.25, 0.3) is 0 Å². The Bertz CT molecular complexity index is 352. The molecule has 1 fully saturated rings. The molecule has 0 aliphatic carbocycles. The summed E-state index contributed by atoms with van der Waals surface area (Å²) in [6.45, 7) is 2.61. The van der Waals surface area contributed by atoms with Gasteiger partial charge in [-0.05, 0) is 37.4 Å². The van der Waals surface area contributed by atoms with Gasteiger partial charge in [0.25, 0.3) is 0 Å². The normalized spacial score (nSPS) is 23.7. The first-order valence-corrected chi connectivity index (χ1v) is 5.89. The van der Waals surface area contributed by atoms with Crippen LogP contribution in [-0.2, 0) is 4.74 Å². The zero-order chi connectivity index (χ0) is 12.3. The number of hydrogen-bond donors (Lipinski definition) is 2. The van der Waals surface area contributed by atoms with Gasteiger partial charge in [-0.15, -0.1) is 0 Å². The highest BCUT2D eigenvalue weighted by Crippen LogP contribution is 2.20. The third kappa shape index (κ3) is 3.46. The van der Waals surface area contributed by atoms with Crippen molar-refractivity contribution in [3.8, 4) is 5.75 Å². The lowest BCUT2D eigenvalue weighted by Gasteiger charge is -2.12. The topological polar surface area (TPSA) is 58.9 Å². The second kappa shape index (κ2) is 5.53. The first kappa shape index (κ1) is 12.4. The second-order valence-corrected chi connectivity index (χ2v) is 4.40. The third-order valence-electron chi connectivity index (χ3n) is 2.93. The summed E-state index contributed by atoms with van der Waals surface area (Å²) in [5.41, 5.74) is 0.461. The predicted molar refractivity (Wildman–Crippen MR) is 65.3 cm³/mol. The predicted octanol–water partition coefficient (Wildman–Crippen LogP) is 0.313. The minimum Gasteiger partial charge on any atom is -0.491 e. The van der Waals surface area contributed by atoms with Crippen LogP contribution in [0.3, 0.4) is 0 Å². The molecule has 1 aromatic carbocycles. The third-order valence-corrected chi connectivity index (χ3v) is 2.93. The number of rotatable bonds is 4. The summed E-state index contributed by atoms with van der Waals surface area (Å²) in [6.07, 6.45) is 2.63. The van der Waals surface area contributed by atoms with Crippen molar-refractivity contribution in [2.24, 2.45) is 0 Å². The van der Waals surface area contributed by atoms with E-state index in [-0.39, 0.29) is 6.10 Å². The van der Waals surface area contributed by atoms with Crippen LogP contribution in [0, 0.1) is 0 Å². The van der Waals surface area contributed by atoms with Gasteiger partial charge in [0.1, 0.15) is 12.4 Å². The molecular formula is C12H17BO4. The zero-order valence-corrected chi connectivity index (χ0v) is 9.87. The fraction of sp³-hybridized carbons (Fsp3) is 0.500. The van der Waals surface area contributed by atoms with Gasteiger partial charge in [-0.3, -0.25) is 0 Å². The molecule has 1 heterocycles. The van der Waals surface area contributed by atoms with Crippen LogP contribution in [0.1, 0.15) is 19.8 Å². The zero-order valence-electron chi connectivity index (χ0n) is 9.87. The van der Waals surface area contributed by atoms with Crippen LogP contribution in [0.2, 0.25) is 0 Å². The van der Waals surface area contributed by atoms with Crippen molar-refractivity contribution >= 4 is 12.6 Å². The molecule has 0 spiro atoms. The average molecular weight is 236 g/mol. The maximum atomic E-state index is 8.94. The van der Waals surface area contributed by atoms with Gasteiger partial charge in [-0.2, -0.15) is 0 Å². The molecule has 2 rings (SSSR count). The van der Waals surface area contributed by atoms with E-state index in [0.717, 1.165) is 18.6 Å². The summed E-state index contributed by atoms with van der Waals surface area (Å²) < 4.78 is 11.2. The van der Waals surface area contributed by atoms with Gasteiger partial charge in [0.15, 0.2) is 0 Å². The molecule has 0 bridgehead atoms. The average Bonchev–Trinajstić information content (AvgIpc) is 2.73. The first-order chi connectivity index (χ1) is 8.15. The van der Waals surface area contributed by atoms with Gasteiger partial charge in [-0.25, -0.2) is 0 Å². The molecule has 1 aliphatic rings. The molecule has 17 heavy (non-hydrogen) atoms. The fourth-order valence-corrected chi connectivity index (χ4v) is 1.93. The van der Waals surface area contributed by atoms with Crippen LogP contribution in [0.4, 0.5) is 0 Å². The van der Waals surface area contributed by atoms with Crippen molar-refractivity contribution in [2.45, 2.75) is 32.0 Å². The molecule has 5 heteroatoms. The van der Waals surface area contributed by atoms with E-state index in [2.05, 4.69) is 6.92 Å². The smallest absolute Gasteiger partial charge is 0.488 e. The van der Waals surface area contributed by atoms with E-state index in [0.29, 0.717) is 18.2 Å². The van der Waals surface area contributed by atoms with Gasteiger partial charge < -0.3 is 19.5 Å². The number of benzene rings is 1. The minimum atomic E-state index is -1.43. The quantitative estimate of drug-likeness (QED) is 0.739. The molecule has 1 aliphatic heterocycles. The number of ether oxygens (including phenoxy) is 2. The molecule has 0 aromatic heterocycles. The highest BCUT2D eigenvalue weighted by Gasteiger charge is 2.22. The van der Waals surface area contributed by atoms with Gasteiger partial charge in [0, 0.05) is 0 Å². The lowest BCUT2D eigenvalue weighted by molar-refractivity contribution is 0.0264. The summed E-state index contributed by atoms with van der Waals surface area (Å²) in [5.74, 6) is 0.720. The van der Waals surface area contributed by atoms with E-state index in [9.17, 15) is 0 Å². The second-order valence-electron chi connectivity index (χ2n) is 4.40. The lowest BCUT2D eigenvalue weighted by Crippen LogP contribution is -2.29. The minimum absolute atomic E-state index is 0.174. The summed E-state index contributed by atoms with van der Waals surface area (Å²) in [7, 11) is -1.43. The van der Waals surface area contributed by atoms with E-state index in [1.165, 1.54) is 0 Å². The van der Waals surface area contributed by atoms with Crippen molar-refractivity contribution in [1.29, 1.82) is 0 Å². The van der Waals surface area contributed by atoms with E-state index < -0.39 is 7.12 Å². The highest BCUT2D eigenvalue weighted by molar-refractivity contribution is 6.58. The molecule has 0 saturated carbocycles. The molecule has 0 radical (unpaired) electrons. The highest BCUT2D eigenvalue weighted by atomic mass is 16.5. The van der Waals surface area contributed by atoms with Crippen LogP contribution in [-0.4, -0.2) is 36.0 Å². The van der Waals surface area contributed by atoms with Crippen molar-refractivity contribution < 1.29 is 19.5 Å². The molecular weight excluding hydrogens is 219 g/mol. The van der Waals surface area contributed by atoms with Gasteiger partial charge >= 0.3 is 7.12 Å². The van der Waals surface area contributed by atoms with Crippen LogP contribution in [0.5, 0.6) is 5.75 Å². The van der Waals surface area contributed by atoms with Gasteiger partial charge in [0.2, 0.25) is 0 Å². The Hall–Kier alpha value is -1.04. The van der Waals surface area contributed by atoms with E-state index >= 15 is 0 Å². The summed E-state index contributed by atoms with van der Waals surface area (Å²) >= 11 is 0. The largest absolute Gasteiger partial charge is 0.491 e. The summed E-state index contributed by atoms with van der Waals surface area (Å²) in [5, 5.41) is 17.9.